The summed E-state index contributed by atoms with van der Waals surface area (Å²) in [5.41, 5.74) is 13.9. The number of methoxy groups -OCH3 is 1. The molecule has 1 atom stereocenters. The molecule has 2 aromatic rings. The number of anilines is 1. The van der Waals surface area contributed by atoms with E-state index in [0.717, 1.165) is 17.5 Å². The Morgan fingerprint density at radius 2 is 2.13 bits per heavy atom. The zero-order chi connectivity index (χ0) is 21.8. The van der Waals surface area contributed by atoms with Gasteiger partial charge >= 0.3 is 0 Å². The van der Waals surface area contributed by atoms with Gasteiger partial charge in [-0.25, -0.2) is 4.68 Å². The predicted octanol–water partition coefficient (Wildman–Crippen LogP) is 1.49. The molecule has 1 aromatic carbocycles. The van der Waals surface area contributed by atoms with Gasteiger partial charge in [-0.1, -0.05) is 19.4 Å². The van der Waals surface area contributed by atoms with E-state index in [-0.39, 0.29) is 29.0 Å². The van der Waals surface area contributed by atoms with Crippen LogP contribution in [0.5, 0.6) is 5.75 Å². The number of nitrogens with two attached hydrogens (primary N) is 2. The third-order valence-electron chi connectivity index (χ3n) is 5.12. The van der Waals surface area contributed by atoms with Crippen LogP contribution in [-0.4, -0.2) is 46.7 Å². The molecule has 1 aliphatic rings. The summed E-state index contributed by atoms with van der Waals surface area (Å²) in [4.78, 5) is 25.5. The van der Waals surface area contributed by atoms with Crippen LogP contribution in [0.15, 0.2) is 30.9 Å². The van der Waals surface area contributed by atoms with E-state index in [1.807, 2.05) is 25.1 Å². The molecule has 156 valence electrons. The molecular weight excluding hydrogens is 382 g/mol. The highest BCUT2D eigenvalue weighted by Gasteiger charge is 2.30. The van der Waals surface area contributed by atoms with Crippen molar-refractivity contribution in [2.45, 2.75) is 25.8 Å². The molecule has 2 amide bonds. The van der Waals surface area contributed by atoms with Crippen LogP contribution in [-0.2, 0) is 11.2 Å². The summed E-state index contributed by atoms with van der Waals surface area (Å²) in [6.45, 7) is 6.55. The standard InChI is InChI=1S/C22H25N5O3/c1-4-14-10-15(12-17(11-14)30-3)6-7-18-20(22(24)29)21(23)27(25-18)16-8-9-26(13-16)19(28)5-2/h5,10-12,16H,2,4,8-9,13,23H2,1,3H3,(H2,24,29)/t16-/m1/s1. The summed E-state index contributed by atoms with van der Waals surface area (Å²) in [7, 11) is 1.60. The maximum absolute atomic E-state index is 12.0. The van der Waals surface area contributed by atoms with Crippen molar-refractivity contribution >= 4 is 17.6 Å². The Morgan fingerprint density at radius 1 is 1.37 bits per heavy atom. The smallest absolute Gasteiger partial charge is 0.255 e. The second kappa shape index (κ2) is 8.74. The van der Waals surface area contributed by atoms with Crippen molar-refractivity contribution in [2.24, 2.45) is 5.73 Å². The lowest BCUT2D eigenvalue weighted by Gasteiger charge is -2.15. The van der Waals surface area contributed by atoms with Gasteiger partial charge in [0, 0.05) is 18.7 Å². The van der Waals surface area contributed by atoms with Crippen LogP contribution < -0.4 is 16.2 Å². The summed E-state index contributed by atoms with van der Waals surface area (Å²) >= 11 is 0. The fourth-order valence-electron chi connectivity index (χ4n) is 3.51. The van der Waals surface area contributed by atoms with E-state index in [4.69, 9.17) is 16.2 Å². The van der Waals surface area contributed by atoms with Crippen LogP contribution in [0, 0.1) is 11.8 Å². The summed E-state index contributed by atoms with van der Waals surface area (Å²) in [6.07, 6.45) is 2.77. The number of ether oxygens (including phenoxy) is 1. The van der Waals surface area contributed by atoms with E-state index in [0.29, 0.717) is 25.3 Å². The van der Waals surface area contributed by atoms with E-state index >= 15 is 0 Å². The van der Waals surface area contributed by atoms with Crippen LogP contribution in [0.2, 0.25) is 0 Å². The minimum absolute atomic E-state index is 0.0922. The van der Waals surface area contributed by atoms with Crippen molar-refractivity contribution in [2.75, 3.05) is 25.9 Å². The quantitative estimate of drug-likeness (QED) is 0.575. The second-order valence-corrected chi connectivity index (χ2v) is 7.02. The van der Waals surface area contributed by atoms with E-state index in [2.05, 4.69) is 23.5 Å². The second-order valence-electron chi connectivity index (χ2n) is 7.02. The lowest BCUT2D eigenvalue weighted by molar-refractivity contribution is -0.125. The molecule has 8 heteroatoms. The number of amides is 2. The van der Waals surface area contributed by atoms with E-state index in [1.165, 1.54) is 6.08 Å². The van der Waals surface area contributed by atoms with Crippen LogP contribution in [0.3, 0.4) is 0 Å². The summed E-state index contributed by atoms with van der Waals surface area (Å²) < 4.78 is 6.86. The number of nitrogen functional groups attached to an aromatic ring is 1. The van der Waals surface area contributed by atoms with Crippen LogP contribution >= 0.6 is 0 Å². The molecule has 0 spiro atoms. The zero-order valence-corrected chi connectivity index (χ0v) is 17.1. The Bertz CT molecular complexity index is 1040. The molecule has 1 aliphatic heterocycles. The van der Waals surface area contributed by atoms with E-state index in [1.54, 1.807) is 16.7 Å². The average molecular weight is 407 g/mol. The first-order valence-electron chi connectivity index (χ1n) is 9.67. The maximum Gasteiger partial charge on any atom is 0.255 e. The third-order valence-corrected chi connectivity index (χ3v) is 5.12. The highest BCUT2D eigenvalue weighted by atomic mass is 16.5. The lowest BCUT2D eigenvalue weighted by Crippen LogP contribution is -2.27. The molecule has 1 saturated heterocycles. The molecule has 30 heavy (non-hydrogen) atoms. The summed E-state index contributed by atoms with van der Waals surface area (Å²) in [6, 6.07) is 5.55. The Hall–Kier alpha value is -3.73. The van der Waals surface area contributed by atoms with Gasteiger partial charge in [-0.2, -0.15) is 5.10 Å². The van der Waals surface area contributed by atoms with Gasteiger partial charge in [0.1, 0.15) is 17.1 Å². The largest absolute Gasteiger partial charge is 0.497 e. The molecule has 0 aliphatic carbocycles. The average Bonchev–Trinajstić information content (AvgIpc) is 3.35. The predicted molar refractivity (Wildman–Crippen MR) is 114 cm³/mol. The van der Waals surface area contributed by atoms with Gasteiger partial charge in [-0.3, -0.25) is 9.59 Å². The highest BCUT2D eigenvalue weighted by molar-refractivity contribution is 5.99. The normalized spacial score (nSPS) is 15.4. The number of aromatic nitrogens is 2. The minimum Gasteiger partial charge on any atom is -0.497 e. The van der Waals surface area contributed by atoms with E-state index in [9.17, 15) is 9.59 Å². The lowest BCUT2D eigenvalue weighted by atomic mass is 10.1. The number of benzene rings is 1. The van der Waals surface area contributed by atoms with Crippen molar-refractivity contribution in [1.29, 1.82) is 0 Å². The molecule has 3 rings (SSSR count). The highest BCUT2D eigenvalue weighted by Crippen LogP contribution is 2.27. The molecule has 8 nitrogen and oxygen atoms in total. The van der Waals surface area contributed by atoms with Crippen molar-refractivity contribution < 1.29 is 14.3 Å². The minimum atomic E-state index is -0.694. The summed E-state index contributed by atoms with van der Waals surface area (Å²) in [5, 5.41) is 4.46. The fraction of sp³-hybridized carbons (Fsp3) is 0.318. The number of hydrogen-bond acceptors (Lipinski definition) is 5. The van der Waals surface area contributed by atoms with Gasteiger partial charge in [-0.05, 0) is 48.6 Å². The maximum atomic E-state index is 12.0. The van der Waals surface area contributed by atoms with Gasteiger partial charge in [0.15, 0.2) is 5.69 Å². The van der Waals surface area contributed by atoms with Gasteiger partial charge < -0.3 is 21.1 Å². The molecule has 1 aromatic heterocycles. The summed E-state index contributed by atoms with van der Waals surface area (Å²) in [5.74, 6) is 5.97. The Kier molecular flexibility index (Phi) is 6.11. The van der Waals surface area contributed by atoms with Crippen molar-refractivity contribution in [3.8, 4) is 17.6 Å². The van der Waals surface area contributed by atoms with Gasteiger partial charge in [0.25, 0.3) is 5.91 Å². The van der Waals surface area contributed by atoms with E-state index < -0.39 is 5.91 Å². The number of carbonyl (C=O) groups is 2. The Morgan fingerprint density at radius 3 is 2.77 bits per heavy atom. The monoisotopic (exact) mass is 407 g/mol. The molecule has 0 radical (unpaired) electrons. The van der Waals surface area contributed by atoms with Crippen molar-refractivity contribution in [3.63, 3.8) is 0 Å². The first-order valence-corrected chi connectivity index (χ1v) is 9.67. The Balaban J connectivity index is 1.97. The van der Waals surface area contributed by atoms with Gasteiger partial charge in [0.05, 0.1) is 13.2 Å². The van der Waals surface area contributed by atoms with Gasteiger partial charge in [-0.15, -0.1) is 0 Å². The molecule has 0 saturated carbocycles. The number of carbonyl (C=O) groups excluding carboxylic acids is 2. The molecule has 1 fully saturated rings. The zero-order valence-electron chi connectivity index (χ0n) is 17.1. The number of nitrogens with zero attached hydrogens (tertiary/aromatic N) is 3. The van der Waals surface area contributed by atoms with Crippen LogP contribution in [0.25, 0.3) is 0 Å². The SMILES string of the molecule is C=CC(=O)N1CC[C@@H](n2nc(C#Cc3cc(CC)cc(OC)c3)c(C(N)=O)c2N)C1. The Labute approximate surface area is 175 Å². The number of hydrogen-bond donors (Lipinski definition) is 2. The van der Waals surface area contributed by atoms with Gasteiger partial charge in [0.2, 0.25) is 5.91 Å². The van der Waals surface area contributed by atoms with Crippen LogP contribution in [0.1, 0.15) is 46.6 Å². The third kappa shape index (κ3) is 4.15. The first-order chi connectivity index (χ1) is 14.4. The van der Waals surface area contributed by atoms with Crippen molar-refractivity contribution in [1.82, 2.24) is 14.7 Å². The number of rotatable bonds is 5. The first kappa shape index (κ1) is 21.0. The molecular formula is C22H25N5O3. The van der Waals surface area contributed by atoms with Crippen molar-refractivity contribution in [3.05, 3.63) is 53.2 Å². The number of primary amides is 1. The topological polar surface area (TPSA) is 116 Å². The number of aryl methyl sites for hydroxylation is 1. The molecule has 0 bridgehead atoms. The molecule has 4 N–H and O–H groups in total. The van der Waals surface area contributed by atoms with Crippen LogP contribution in [0.4, 0.5) is 5.82 Å². The molecule has 0 unspecified atom stereocenters. The number of likely N-dealkylation sites (tertiary alicyclic amines) is 1. The molecule has 2 heterocycles. The fourth-order valence-corrected chi connectivity index (χ4v) is 3.51.